The van der Waals surface area contributed by atoms with E-state index < -0.39 is 11.6 Å². The molecule has 7 rings (SSSR count). The molecule has 2 aromatic carbocycles. The first-order valence-corrected chi connectivity index (χ1v) is 18.0. The van der Waals surface area contributed by atoms with Crippen molar-refractivity contribution in [2.75, 3.05) is 40.4 Å². The zero-order chi connectivity index (χ0) is 36.0. The maximum atomic E-state index is 11.4. The van der Waals surface area contributed by atoms with Crippen LogP contribution < -0.4 is 14.2 Å². The number of likely N-dealkylation sites (tertiary alicyclic amines) is 2. The van der Waals surface area contributed by atoms with E-state index in [9.17, 15) is 15.0 Å². The number of fused-ring (bicyclic) bond motifs is 1. The minimum Gasteiger partial charge on any atom is -0.481 e. The molecule has 4 heterocycles. The molecule has 2 saturated heterocycles. The van der Waals surface area contributed by atoms with Gasteiger partial charge in [0.15, 0.2) is 0 Å². The van der Waals surface area contributed by atoms with Gasteiger partial charge in [-0.05, 0) is 74.0 Å². The Morgan fingerprint density at radius 2 is 1.67 bits per heavy atom. The highest BCUT2D eigenvalue weighted by molar-refractivity contribution is 6.36. The summed E-state index contributed by atoms with van der Waals surface area (Å²) < 4.78 is 17.9. The van der Waals surface area contributed by atoms with Crippen LogP contribution in [-0.4, -0.2) is 81.9 Å². The number of β-amino-alcohol motifs (C(OH)–C–C–N with tert-alkyl or cyclic N) is 1. The van der Waals surface area contributed by atoms with Crippen molar-refractivity contribution in [2.24, 2.45) is 5.92 Å². The van der Waals surface area contributed by atoms with Crippen molar-refractivity contribution in [3.05, 3.63) is 86.4 Å². The SMILES string of the molecule is COc1nc(O[C@H]2CCc3c(-c4cccc(-c5cc(C)c(CN6CC(C)(O)C6)c(OC)n5)c4Cl)cccc32)c(Cl)cc1CN1CC[C@H](C(=O)O)C1. The molecule has 2 aliphatic heterocycles. The molecule has 2 fully saturated rings. The summed E-state index contributed by atoms with van der Waals surface area (Å²) in [4.78, 5) is 25.2. The molecule has 4 aromatic rings. The molecule has 51 heavy (non-hydrogen) atoms. The molecule has 2 atom stereocenters. The number of aliphatic hydroxyl groups is 1. The fraction of sp³-hybridized carbons (Fsp3) is 0.410. The van der Waals surface area contributed by atoms with Gasteiger partial charge >= 0.3 is 5.97 Å². The largest absolute Gasteiger partial charge is 0.481 e. The van der Waals surface area contributed by atoms with Gasteiger partial charge in [-0.1, -0.05) is 59.6 Å². The average molecular weight is 734 g/mol. The van der Waals surface area contributed by atoms with Gasteiger partial charge in [-0.3, -0.25) is 14.6 Å². The van der Waals surface area contributed by atoms with E-state index in [1.807, 2.05) is 37.3 Å². The normalized spacial score (nSPS) is 19.8. The van der Waals surface area contributed by atoms with Gasteiger partial charge in [0.25, 0.3) is 0 Å². The highest BCUT2D eigenvalue weighted by Gasteiger charge is 2.37. The van der Waals surface area contributed by atoms with E-state index in [1.54, 1.807) is 20.3 Å². The van der Waals surface area contributed by atoms with E-state index in [2.05, 4.69) is 33.8 Å². The first-order valence-electron chi connectivity index (χ1n) is 17.2. The number of carbonyl (C=O) groups is 1. The van der Waals surface area contributed by atoms with Crippen LogP contribution >= 0.6 is 23.2 Å². The number of halogens is 2. The van der Waals surface area contributed by atoms with Crippen LogP contribution in [0.3, 0.4) is 0 Å². The molecule has 0 bridgehead atoms. The Balaban J connectivity index is 1.13. The van der Waals surface area contributed by atoms with Crippen LogP contribution in [0.5, 0.6) is 17.6 Å². The predicted octanol–water partition coefficient (Wildman–Crippen LogP) is 6.98. The summed E-state index contributed by atoms with van der Waals surface area (Å²) >= 11 is 14.0. The number of aromatic nitrogens is 2. The van der Waals surface area contributed by atoms with E-state index in [0.717, 1.165) is 63.0 Å². The van der Waals surface area contributed by atoms with Crippen molar-refractivity contribution >= 4 is 29.2 Å². The first kappa shape index (κ1) is 35.5. The number of aryl methyl sites for hydroxylation is 1. The molecule has 2 N–H and O–H groups in total. The van der Waals surface area contributed by atoms with Crippen LogP contribution in [0.25, 0.3) is 22.4 Å². The van der Waals surface area contributed by atoms with E-state index in [-0.39, 0.29) is 12.0 Å². The molecular formula is C39H42Cl2N4O6. The number of ether oxygens (including phenoxy) is 3. The number of carboxylic acids is 1. The van der Waals surface area contributed by atoms with Gasteiger partial charge in [0.05, 0.1) is 36.5 Å². The number of nitrogens with zero attached hydrogens (tertiary/aromatic N) is 4. The third kappa shape index (κ3) is 7.12. The monoisotopic (exact) mass is 732 g/mol. The van der Waals surface area contributed by atoms with Crippen molar-refractivity contribution in [3.8, 4) is 40.0 Å². The van der Waals surface area contributed by atoms with Crippen LogP contribution in [-0.2, 0) is 24.3 Å². The molecule has 0 unspecified atom stereocenters. The van der Waals surface area contributed by atoms with E-state index >= 15 is 0 Å². The van der Waals surface area contributed by atoms with Crippen molar-refractivity contribution in [1.29, 1.82) is 0 Å². The highest BCUT2D eigenvalue weighted by atomic mass is 35.5. The number of hydrogen-bond donors (Lipinski definition) is 2. The van der Waals surface area contributed by atoms with Gasteiger partial charge in [0, 0.05) is 55.0 Å². The number of aliphatic carboxylic acids is 1. The summed E-state index contributed by atoms with van der Waals surface area (Å²) in [6.45, 7) is 7.42. The van der Waals surface area contributed by atoms with Crippen molar-refractivity contribution in [1.82, 2.24) is 19.8 Å². The number of rotatable bonds is 11. The third-order valence-corrected chi connectivity index (χ3v) is 10.9. The third-order valence-electron chi connectivity index (χ3n) is 10.2. The lowest BCUT2D eigenvalue weighted by Crippen LogP contribution is -2.59. The second-order valence-corrected chi connectivity index (χ2v) is 14.9. The van der Waals surface area contributed by atoms with Crippen LogP contribution in [0.15, 0.2) is 48.5 Å². The van der Waals surface area contributed by atoms with Crippen molar-refractivity contribution < 1.29 is 29.2 Å². The van der Waals surface area contributed by atoms with Crippen LogP contribution in [0.2, 0.25) is 10.0 Å². The number of pyridine rings is 2. The Bertz CT molecular complexity index is 1980. The van der Waals surface area contributed by atoms with Crippen LogP contribution in [0.4, 0.5) is 0 Å². The second-order valence-electron chi connectivity index (χ2n) is 14.1. The lowest BCUT2D eigenvalue weighted by atomic mass is 9.94. The molecule has 2 aromatic heterocycles. The number of benzene rings is 2. The smallest absolute Gasteiger partial charge is 0.307 e. The molecule has 10 nitrogen and oxygen atoms in total. The molecule has 3 aliphatic rings. The Morgan fingerprint density at radius 3 is 2.37 bits per heavy atom. The van der Waals surface area contributed by atoms with Gasteiger partial charge in [-0.15, -0.1) is 0 Å². The zero-order valence-electron chi connectivity index (χ0n) is 29.2. The molecule has 0 saturated carbocycles. The van der Waals surface area contributed by atoms with E-state index in [4.69, 9.17) is 42.4 Å². The summed E-state index contributed by atoms with van der Waals surface area (Å²) in [7, 11) is 3.19. The van der Waals surface area contributed by atoms with Gasteiger partial charge in [-0.2, -0.15) is 4.98 Å². The quantitative estimate of drug-likeness (QED) is 0.167. The molecule has 12 heteroatoms. The van der Waals surface area contributed by atoms with Crippen molar-refractivity contribution in [3.63, 3.8) is 0 Å². The van der Waals surface area contributed by atoms with Gasteiger partial charge in [-0.25, -0.2) is 4.98 Å². The zero-order valence-corrected chi connectivity index (χ0v) is 30.7. The molecule has 0 amide bonds. The molecule has 0 spiro atoms. The first-order chi connectivity index (χ1) is 24.4. The summed E-state index contributed by atoms with van der Waals surface area (Å²) in [5.74, 6) is 0.115. The molecule has 0 radical (unpaired) electrons. The topological polar surface area (TPSA) is 117 Å². The highest BCUT2D eigenvalue weighted by Crippen LogP contribution is 2.45. The molecule has 268 valence electrons. The van der Waals surface area contributed by atoms with Gasteiger partial charge < -0.3 is 24.4 Å². The van der Waals surface area contributed by atoms with E-state index in [0.29, 0.717) is 73.4 Å². The van der Waals surface area contributed by atoms with Crippen LogP contribution in [0, 0.1) is 12.8 Å². The lowest BCUT2D eigenvalue weighted by molar-refractivity contribution is -0.141. The summed E-state index contributed by atoms with van der Waals surface area (Å²) in [6, 6.07) is 16.1. The Kier molecular flexibility index (Phi) is 9.90. The number of methoxy groups -OCH3 is 2. The lowest BCUT2D eigenvalue weighted by Gasteiger charge is -2.44. The Morgan fingerprint density at radius 1 is 0.941 bits per heavy atom. The number of hydrogen-bond acceptors (Lipinski definition) is 9. The summed E-state index contributed by atoms with van der Waals surface area (Å²) in [5, 5.41) is 20.6. The maximum absolute atomic E-state index is 11.4. The minimum absolute atomic E-state index is 0.270. The maximum Gasteiger partial charge on any atom is 0.307 e. The van der Waals surface area contributed by atoms with Gasteiger partial charge in [0.2, 0.25) is 17.6 Å². The molecular weight excluding hydrogens is 691 g/mol. The number of carboxylic acid groups (broad SMARTS) is 1. The predicted molar refractivity (Wildman–Crippen MR) is 196 cm³/mol. The summed E-state index contributed by atoms with van der Waals surface area (Å²) in [6.07, 6.45) is 1.87. The Labute approximate surface area is 307 Å². The van der Waals surface area contributed by atoms with E-state index in [1.165, 1.54) is 0 Å². The second kappa shape index (κ2) is 14.2. The standard InChI is InChI=1S/C39H42Cl2N4O6/c1-22-15-32(42-36(50-4)30(22)19-45-20-39(2,48)21-45)29-10-6-9-28(34(29)41)25-7-5-8-27-26(25)11-12-33(27)51-37-31(40)16-24(35(43-37)49-3)18-44-14-13-23(17-44)38(46)47/h5-10,15-16,23,33,48H,11-14,17-21H2,1-4H3,(H,46,47)/t23-,33-/m0/s1. The van der Waals surface area contributed by atoms with Crippen molar-refractivity contribution in [2.45, 2.75) is 57.9 Å². The fourth-order valence-electron chi connectivity index (χ4n) is 7.77. The Hall–Kier alpha value is -3.93. The van der Waals surface area contributed by atoms with Crippen LogP contribution in [0.1, 0.15) is 53.7 Å². The fourth-order valence-corrected chi connectivity index (χ4v) is 8.31. The minimum atomic E-state index is -0.771. The summed E-state index contributed by atoms with van der Waals surface area (Å²) in [5.41, 5.74) is 7.87. The molecule has 1 aliphatic carbocycles. The van der Waals surface area contributed by atoms with Gasteiger partial charge in [0.1, 0.15) is 11.1 Å². The average Bonchev–Trinajstić information content (AvgIpc) is 3.73.